The molecule has 0 saturated carbocycles. The van der Waals surface area contributed by atoms with Gasteiger partial charge in [-0.1, -0.05) is 35.5 Å². The summed E-state index contributed by atoms with van der Waals surface area (Å²) in [4.78, 5) is 26.5. The van der Waals surface area contributed by atoms with Crippen molar-refractivity contribution in [2.24, 2.45) is 26.6 Å². The molecule has 0 spiro atoms. The van der Waals surface area contributed by atoms with Gasteiger partial charge in [-0.3, -0.25) is 14.8 Å². The third kappa shape index (κ3) is 5.89. The number of azide groups is 1. The Hall–Kier alpha value is -4.93. The van der Waals surface area contributed by atoms with Crippen LogP contribution in [-0.2, 0) is 4.79 Å². The van der Waals surface area contributed by atoms with Gasteiger partial charge in [0.1, 0.15) is 0 Å². The number of aliphatic imine (C=N–C) groups is 2. The molecule has 1 aromatic carbocycles. The number of para-hydroxylation sites is 1. The van der Waals surface area contributed by atoms with E-state index < -0.39 is 5.91 Å². The van der Waals surface area contributed by atoms with Crippen LogP contribution in [-0.4, -0.2) is 43.2 Å². The standard InChI is InChI=1S/C26H26N10OS/c27-12-16-5-3-9-31-22(16)14-32-23(15-33-36-30)25(19(29)13-28)35-26(37)18-11-21(24-8-4-10-38-24)34-20-7-2-1-6-17(18)20/h1-13,21-22,28,34H,14-15,27,29H2,(H,35,37). The van der Waals surface area contributed by atoms with Crippen molar-refractivity contribution in [3.05, 3.63) is 104 Å². The van der Waals surface area contributed by atoms with Crippen molar-refractivity contribution in [3.63, 3.8) is 0 Å². The molecule has 7 N–H and O–H groups in total. The topological polar surface area (TPSA) is 190 Å². The lowest BCUT2D eigenvalue weighted by molar-refractivity contribution is -0.114. The third-order valence-corrected chi connectivity index (χ3v) is 6.84. The first-order valence-corrected chi connectivity index (χ1v) is 12.5. The quantitative estimate of drug-likeness (QED) is 0.144. The number of amides is 1. The minimum Gasteiger partial charge on any atom is -0.404 e. The second-order valence-electron chi connectivity index (χ2n) is 8.21. The second-order valence-corrected chi connectivity index (χ2v) is 9.19. The lowest BCUT2D eigenvalue weighted by Crippen LogP contribution is -2.34. The summed E-state index contributed by atoms with van der Waals surface area (Å²) in [6.07, 6.45) is 9.47. The number of nitrogens with zero attached hydrogens (tertiary/aromatic N) is 5. The molecule has 2 aromatic rings. The number of anilines is 1. The molecule has 1 amide bonds. The highest BCUT2D eigenvalue weighted by Crippen LogP contribution is 2.36. The molecule has 0 fully saturated rings. The lowest BCUT2D eigenvalue weighted by Gasteiger charge is -2.26. The van der Waals surface area contributed by atoms with Crippen LogP contribution in [0.3, 0.4) is 0 Å². The molecular formula is C26H26N10OS. The molecule has 12 heteroatoms. The number of nitrogens with one attached hydrogen (secondary N) is 3. The van der Waals surface area contributed by atoms with E-state index in [-0.39, 0.29) is 42.3 Å². The normalized spacial score (nSPS) is 19.9. The average molecular weight is 527 g/mol. The number of rotatable bonds is 9. The molecule has 0 bridgehead atoms. The highest BCUT2D eigenvalue weighted by Gasteiger charge is 2.26. The number of carbonyl (C=O) groups is 1. The Morgan fingerprint density at radius 1 is 1.32 bits per heavy atom. The summed E-state index contributed by atoms with van der Waals surface area (Å²) in [6.45, 7) is -0.0235. The first kappa shape index (κ1) is 26.1. The van der Waals surface area contributed by atoms with Crippen molar-refractivity contribution in [2.45, 2.75) is 12.1 Å². The van der Waals surface area contributed by atoms with Crippen molar-refractivity contribution in [3.8, 4) is 0 Å². The zero-order valence-corrected chi connectivity index (χ0v) is 21.1. The Kier molecular flexibility index (Phi) is 8.50. The zero-order chi connectivity index (χ0) is 26.9. The van der Waals surface area contributed by atoms with Gasteiger partial charge < -0.3 is 27.5 Å². The predicted molar refractivity (Wildman–Crippen MR) is 153 cm³/mol. The van der Waals surface area contributed by atoms with Gasteiger partial charge in [0.2, 0.25) is 0 Å². The first-order chi connectivity index (χ1) is 18.5. The summed E-state index contributed by atoms with van der Waals surface area (Å²) in [7, 11) is 0. The molecule has 11 nitrogen and oxygen atoms in total. The predicted octanol–water partition coefficient (Wildman–Crippen LogP) is 3.84. The molecule has 2 atom stereocenters. The molecule has 0 aliphatic carbocycles. The van der Waals surface area contributed by atoms with Crippen LogP contribution in [0.2, 0.25) is 0 Å². The second kappa shape index (κ2) is 12.3. The van der Waals surface area contributed by atoms with Gasteiger partial charge in [-0.15, -0.1) is 11.3 Å². The van der Waals surface area contributed by atoms with Crippen LogP contribution in [0.15, 0.2) is 98.3 Å². The number of carbonyl (C=O) groups excluding carboxylic acids is 1. The molecule has 38 heavy (non-hydrogen) atoms. The van der Waals surface area contributed by atoms with Gasteiger partial charge in [-0.25, -0.2) is 0 Å². The average Bonchev–Trinajstić information content (AvgIpc) is 3.50. The summed E-state index contributed by atoms with van der Waals surface area (Å²) in [5.74, 6) is -0.435. The Morgan fingerprint density at radius 3 is 2.89 bits per heavy atom. The summed E-state index contributed by atoms with van der Waals surface area (Å²) in [5, 5.41) is 19.6. The van der Waals surface area contributed by atoms with E-state index in [0.29, 0.717) is 5.57 Å². The summed E-state index contributed by atoms with van der Waals surface area (Å²) in [5.41, 5.74) is 23.8. The number of nitrogens with two attached hydrogens (primary N) is 2. The van der Waals surface area contributed by atoms with Crippen molar-refractivity contribution >= 4 is 46.6 Å². The van der Waals surface area contributed by atoms with Crippen LogP contribution in [0.1, 0.15) is 16.5 Å². The van der Waals surface area contributed by atoms with Gasteiger partial charge in [0.05, 0.1) is 42.3 Å². The van der Waals surface area contributed by atoms with E-state index in [0.717, 1.165) is 27.9 Å². The minimum atomic E-state index is -0.435. The maximum Gasteiger partial charge on any atom is 0.256 e. The summed E-state index contributed by atoms with van der Waals surface area (Å²) >= 11 is 1.58. The van der Waals surface area contributed by atoms with Gasteiger partial charge in [-0.2, -0.15) is 0 Å². The van der Waals surface area contributed by atoms with Crippen molar-refractivity contribution in [1.82, 2.24) is 5.32 Å². The van der Waals surface area contributed by atoms with Crippen molar-refractivity contribution < 1.29 is 4.79 Å². The van der Waals surface area contributed by atoms with E-state index in [4.69, 9.17) is 22.4 Å². The zero-order valence-electron chi connectivity index (χ0n) is 20.3. The highest BCUT2D eigenvalue weighted by molar-refractivity contribution is 7.10. The molecule has 1 aromatic heterocycles. The number of allylic oxidation sites excluding steroid dienone is 2. The molecule has 4 rings (SSSR count). The number of fused-ring (bicyclic) bond motifs is 1. The first-order valence-electron chi connectivity index (χ1n) is 11.6. The van der Waals surface area contributed by atoms with Crippen LogP contribution < -0.4 is 22.1 Å². The molecule has 2 aliphatic rings. The number of hydrogen-bond acceptors (Lipinski definition) is 9. The van der Waals surface area contributed by atoms with Gasteiger partial charge in [0.25, 0.3) is 5.91 Å². The number of dihydropyridines is 1. The Morgan fingerprint density at radius 2 is 2.16 bits per heavy atom. The number of thiophene rings is 1. The summed E-state index contributed by atoms with van der Waals surface area (Å²) < 4.78 is 0. The number of benzene rings is 1. The van der Waals surface area contributed by atoms with E-state index >= 15 is 0 Å². The minimum absolute atomic E-state index is 0.0375. The number of hydrogen-bond donors (Lipinski definition) is 5. The smallest absolute Gasteiger partial charge is 0.256 e. The molecule has 192 valence electrons. The van der Waals surface area contributed by atoms with Gasteiger partial charge in [0, 0.05) is 39.0 Å². The lowest BCUT2D eigenvalue weighted by atomic mass is 9.95. The van der Waals surface area contributed by atoms with Crippen molar-refractivity contribution in [2.75, 3.05) is 18.4 Å². The Labute approximate surface area is 223 Å². The largest absolute Gasteiger partial charge is 0.404 e. The van der Waals surface area contributed by atoms with E-state index in [1.165, 1.54) is 6.20 Å². The SMILES string of the molecule is [N-]=[N+]=NCC(=NCC1N=CC=CC1=CN)C(NC(=O)C1=CC(c2cccs2)Nc2ccccc21)=C(N)C=N. The van der Waals surface area contributed by atoms with E-state index in [1.54, 1.807) is 23.6 Å². The molecule has 0 saturated heterocycles. The van der Waals surface area contributed by atoms with Gasteiger partial charge in [-0.05, 0) is 47.0 Å². The fourth-order valence-corrected chi connectivity index (χ4v) is 4.77. The molecular weight excluding hydrogens is 500 g/mol. The van der Waals surface area contributed by atoms with Crippen LogP contribution >= 0.6 is 11.3 Å². The van der Waals surface area contributed by atoms with Crippen LogP contribution in [0.4, 0.5) is 5.69 Å². The fourth-order valence-electron chi connectivity index (χ4n) is 4.02. The highest BCUT2D eigenvalue weighted by atomic mass is 32.1. The van der Waals surface area contributed by atoms with E-state index in [9.17, 15) is 4.79 Å². The Bertz CT molecular complexity index is 1440. The van der Waals surface area contributed by atoms with Gasteiger partial charge in [0.15, 0.2) is 0 Å². The molecule has 3 heterocycles. The summed E-state index contributed by atoms with van der Waals surface area (Å²) in [6, 6.07) is 10.9. The van der Waals surface area contributed by atoms with Crippen LogP contribution in [0.5, 0.6) is 0 Å². The maximum atomic E-state index is 13.7. The van der Waals surface area contributed by atoms with Crippen LogP contribution in [0, 0.1) is 5.41 Å². The maximum absolute atomic E-state index is 13.7. The monoisotopic (exact) mass is 526 g/mol. The molecule has 2 aliphatic heterocycles. The van der Waals surface area contributed by atoms with Gasteiger partial charge >= 0.3 is 0 Å². The van der Waals surface area contributed by atoms with E-state index in [2.05, 4.69) is 30.6 Å². The van der Waals surface area contributed by atoms with Crippen molar-refractivity contribution in [1.29, 1.82) is 5.41 Å². The Balaban J connectivity index is 1.68. The fraction of sp³-hybridized carbons (Fsp3) is 0.154. The molecule has 2 unspecified atom stereocenters. The van der Waals surface area contributed by atoms with Crippen LogP contribution in [0.25, 0.3) is 16.0 Å². The molecule has 0 radical (unpaired) electrons. The van der Waals surface area contributed by atoms with E-state index in [1.807, 2.05) is 53.9 Å². The third-order valence-electron chi connectivity index (χ3n) is 5.88.